The van der Waals surface area contributed by atoms with E-state index < -0.39 is 6.04 Å². The Labute approximate surface area is 141 Å². The highest BCUT2D eigenvalue weighted by Gasteiger charge is 2.26. The summed E-state index contributed by atoms with van der Waals surface area (Å²) in [5.41, 5.74) is 6.41. The lowest BCUT2D eigenvalue weighted by molar-refractivity contribution is -0.133. The maximum absolute atomic E-state index is 12.8. The molecule has 0 bridgehead atoms. The topological polar surface area (TPSA) is 87.5 Å². The van der Waals surface area contributed by atoms with Gasteiger partial charge in [-0.2, -0.15) is 0 Å². The van der Waals surface area contributed by atoms with E-state index in [9.17, 15) is 14.0 Å². The molecular weight excluding hydrogens is 311 g/mol. The van der Waals surface area contributed by atoms with E-state index in [0.29, 0.717) is 38.0 Å². The lowest BCUT2D eigenvalue weighted by Gasteiger charge is -2.33. The van der Waals surface area contributed by atoms with Crippen molar-refractivity contribution in [1.82, 2.24) is 10.2 Å². The highest BCUT2D eigenvalue weighted by molar-refractivity contribution is 5.89. The zero-order valence-corrected chi connectivity index (χ0v) is 13.9. The molecule has 0 aromatic heterocycles. The lowest BCUT2D eigenvalue weighted by Crippen LogP contribution is -2.51. The molecule has 7 heteroatoms. The van der Waals surface area contributed by atoms with Crippen LogP contribution in [0.3, 0.4) is 0 Å². The predicted octanol–water partition coefficient (Wildman–Crippen LogP) is 2.07. The molecular formula is C17H25FN4O2. The number of hydrogen-bond acceptors (Lipinski definition) is 3. The van der Waals surface area contributed by atoms with Crippen LogP contribution in [0.5, 0.6) is 0 Å². The number of nitrogens with zero attached hydrogens (tertiary/aromatic N) is 1. The smallest absolute Gasteiger partial charge is 0.319 e. The summed E-state index contributed by atoms with van der Waals surface area (Å²) in [4.78, 5) is 25.9. The van der Waals surface area contributed by atoms with Crippen molar-refractivity contribution in [2.24, 2.45) is 5.73 Å². The normalized spacial score (nSPS) is 16.5. The maximum Gasteiger partial charge on any atom is 0.319 e. The monoisotopic (exact) mass is 336 g/mol. The summed E-state index contributed by atoms with van der Waals surface area (Å²) in [5.74, 6) is -0.356. The van der Waals surface area contributed by atoms with Crippen LogP contribution in [0.15, 0.2) is 24.3 Å². The number of likely N-dealkylation sites (tertiary alicyclic amines) is 1. The van der Waals surface area contributed by atoms with Crippen molar-refractivity contribution in [2.75, 3.05) is 18.4 Å². The molecule has 1 atom stereocenters. The average Bonchev–Trinajstić information content (AvgIpc) is 2.57. The number of urea groups is 1. The van der Waals surface area contributed by atoms with Crippen LogP contribution in [0, 0.1) is 5.82 Å². The largest absolute Gasteiger partial charge is 0.341 e. The Hall–Kier alpha value is -2.15. The van der Waals surface area contributed by atoms with Gasteiger partial charge < -0.3 is 21.3 Å². The molecule has 1 unspecified atom stereocenters. The molecule has 24 heavy (non-hydrogen) atoms. The van der Waals surface area contributed by atoms with E-state index >= 15 is 0 Å². The molecule has 1 aromatic carbocycles. The Kier molecular flexibility index (Phi) is 6.54. The van der Waals surface area contributed by atoms with E-state index in [1.807, 2.05) is 6.92 Å². The number of nitrogens with one attached hydrogen (secondary N) is 2. The highest BCUT2D eigenvalue weighted by Crippen LogP contribution is 2.13. The van der Waals surface area contributed by atoms with Gasteiger partial charge in [-0.1, -0.05) is 13.3 Å². The molecule has 6 nitrogen and oxygen atoms in total. The van der Waals surface area contributed by atoms with Crippen molar-refractivity contribution < 1.29 is 14.0 Å². The number of carbonyl (C=O) groups is 2. The van der Waals surface area contributed by atoms with E-state index in [-0.39, 0.29) is 23.8 Å². The van der Waals surface area contributed by atoms with Crippen LogP contribution in [-0.2, 0) is 4.79 Å². The molecule has 0 saturated carbocycles. The quantitative estimate of drug-likeness (QED) is 0.769. The number of piperidine rings is 1. The highest BCUT2D eigenvalue weighted by atomic mass is 19.1. The van der Waals surface area contributed by atoms with Gasteiger partial charge in [0.2, 0.25) is 5.91 Å². The van der Waals surface area contributed by atoms with Crippen LogP contribution in [0.25, 0.3) is 0 Å². The Balaban J connectivity index is 1.75. The predicted molar refractivity (Wildman–Crippen MR) is 91.0 cm³/mol. The van der Waals surface area contributed by atoms with Gasteiger partial charge in [0.25, 0.3) is 0 Å². The first-order valence-corrected chi connectivity index (χ1v) is 8.37. The fourth-order valence-electron chi connectivity index (χ4n) is 2.80. The van der Waals surface area contributed by atoms with E-state index in [4.69, 9.17) is 5.73 Å². The first-order chi connectivity index (χ1) is 11.5. The van der Waals surface area contributed by atoms with Crippen LogP contribution in [0.4, 0.5) is 14.9 Å². The summed E-state index contributed by atoms with van der Waals surface area (Å²) in [7, 11) is 0. The van der Waals surface area contributed by atoms with Crippen LogP contribution in [0.1, 0.15) is 32.6 Å². The van der Waals surface area contributed by atoms with E-state index in [0.717, 1.165) is 6.42 Å². The molecule has 1 heterocycles. The first kappa shape index (κ1) is 18.2. The summed E-state index contributed by atoms with van der Waals surface area (Å²) in [6.07, 6.45) is 2.97. The minimum absolute atomic E-state index is 0.00827. The molecule has 1 aliphatic heterocycles. The summed E-state index contributed by atoms with van der Waals surface area (Å²) >= 11 is 0. The van der Waals surface area contributed by atoms with Gasteiger partial charge in [-0.3, -0.25) is 4.79 Å². The van der Waals surface area contributed by atoms with E-state index in [2.05, 4.69) is 10.6 Å². The average molecular weight is 336 g/mol. The summed E-state index contributed by atoms with van der Waals surface area (Å²) in [5, 5.41) is 5.55. The number of benzene rings is 1. The van der Waals surface area contributed by atoms with Crippen LogP contribution in [0.2, 0.25) is 0 Å². The van der Waals surface area contributed by atoms with Crippen LogP contribution in [-0.4, -0.2) is 42.0 Å². The fourth-order valence-corrected chi connectivity index (χ4v) is 2.80. The molecule has 3 amide bonds. The number of halogens is 1. The first-order valence-electron chi connectivity index (χ1n) is 8.37. The van der Waals surface area contributed by atoms with Crippen LogP contribution < -0.4 is 16.4 Å². The van der Waals surface area contributed by atoms with Gasteiger partial charge in [0.1, 0.15) is 5.82 Å². The second kappa shape index (κ2) is 8.63. The standard InChI is InChI=1S/C17H25FN4O2/c1-2-3-15(19)16(23)22-10-8-14(9-11-22)21-17(24)20-13-6-4-12(18)5-7-13/h4-7,14-15H,2-3,8-11,19H2,1H3,(H2,20,21,24). The number of rotatable bonds is 5. The molecule has 0 spiro atoms. The number of anilines is 1. The molecule has 1 aromatic rings. The van der Waals surface area contributed by atoms with Crippen molar-refractivity contribution in [2.45, 2.75) is 44.7 Å². The minimum Gasteiger partial charge on any atom is -0.341 e. The SMILES string of the molecule is CCCC(N)C(=O)N1CCC(NC(=O)Nc2ccc(F)cc2)CC1. The summed E-state index contributed by atoms with van der Waals surface area (Å²) in [6.45, 7) is 3.19. The zero-order valence-electron chi connectivity index (χ0n) is 13.9. The molecule has 0 radical (unpaired) electrons. The Morgan fingerprint density at radius 3 is 2.50 bits per heavy atom. The Morgan fingerprint density at radius 2 is 1.92 bits per heavy atom. The van der Waals surface area contributed by atoms with Crippen molar-refractivity contribution in [1.29, 1.82) is 0 Å². The number of nitrogens with two attached hydrogens (primary N) is 1. The molecule has 2 rings (SSSR count). The maximum atomic E-state index is 12.8. The second-order valence-corrected chi connectivity index (χ2v) is 6.10. The third kappa shape index (κ3) is 5.19. The van der Waals surface area contributed by atoms with Crippen molar-refractivity contribution in [3.05, 3.63) is 30.1 Å². The lowest BCUT2D eigenvalue weighted by atomic mass is 10.0. The van der Waals surface area contributed by atoms with E-state index in [1.165, 1.54) is 24.3 Å². The molecule has 1 fully saturated rings. The van der Waals surface area contributed by atoms with Gasteiger partial charge in [-0.05, 0) is 43.5 Å². The van der Waals surface area contributed by atoms with Gasteiger partial charge in [0.05, 0.1) is 6.04 Å². The molecule has 4 N–H and O–H groups in total. The van der Waals surface area contributed by atoms with Crippen molar-refractivity contribution in [3.8, 4) is 0 Å². The Morgan fingerprint density at radius 1 is 1.29 bits per heavy atom. The molecule has 0 aliphatic carbocycles. The van der Waals surface area contributed by atoms with Crippen LogP contribution >= 0.6 is 0 Å². The van der Waals surface area contributed by atoms with Gasteiger partial charge in [-0.15, -0.1) is 0 Å². The second-order valence-electron chi connectivity index (χ2n) is 6.10. The summed E-state index contributed by atoms with van der Waals surface area (Å²) in [6, 6.07) is 4.85. The fraction of sp³-hybridized carbons (Fsp3) is 0.529. The van der Waals surface area contributed by atoms with Crippen molar-refractivity contribution in [3.63, 3.8) is 0 Å². The van der Waals surface area contributed by atoms with Gasteiger partial charge in [0, 0.05) is 24.8 Å². The zero-order chi connectivity index (χ0) is 17.5. The number of hydrogen-bond donors (Lipinski definition) is 3. The number of amides is 3. The molecule has 1 aliphatic rings. The van der Waals surface area contributed by atoms with Gasteiger partial charge >= 0.3 is 6.03 Å². The third-order valence-electron chi connectivity index (χ3n) is 4.16. The van der Waals surface area contributed by atoms with Gasteiger partial charge in [0.15, 0.2) is 0 Å². The minimum atomic E-state index is -0.429. The van der Waals surface area contributed by atoms with Crippen molar-refractivity contribution >= 4 is 17.6 Å². The number of carbonyl (C=O) groups excluding carboxylic acids is 2. The molecule has 132 valence electrons. The summed E-state index contributed by atoms with van der Waals surface area (Å²) < 4.78 is 12.8. The van der Waals surface area contributed by atoms with Gasteiger partial charge in [-0.25, -0.2) is 9.18 Å². The molecule has 1 saturated heterocycles. The third-order valence-corrected chi connectivity index (χ3v) is 4.16. The van der Waals surface area contributed by atoms with E-state index in [1.54, 1.807) is 4.90 Å². The Bertz CT molecular complexity index is 556.